The molecule has 1 fully saturated rings. The molecule has 2 aliphatic rings. The van der Waals surface area contributed by atoms with Gasteiger partial charge in [0, 0.05) is 42.9 Å². The van der Waals surface area contributed by atoms with Crippen molar-refractivity contribution >= 4 is 29.3 Å². The molecule has 2 N–H and O–H groups in total. The second-order valence-electron chi connectivity index (χ2n) is 12.4. The van der Waals surface area contributed by atoms with Crippen molar-refractivity contribution in [1.29, 1.82) is 5.26 Å². The SMILES string of the molecule is CC(C)C[C@@H](C(=O)N1C[C@]2(C[C@H]1C#N)C(=O)Nc1ccccc12)N(C)C(=O)[C@H](C)NC(=O)c1cccc(-c2ccc(F)cc2F)c1. The Kier molecular flexibility index (Phi) is 8.92. The van der Waals surface area contributed by atoms with E-state index in [0.29, 0.717) is 11.3 Å². The number of nitriles is 1. The van der Waals surface area contributed by atoms with Crippen molar-refractivity contribution in [3.8, 4) is 17.2 Å². The molecule has 2 aliphatic heterocycles. The molecule has 2 heterocycles. The summed E-state index contributed by atoms with van der Waals surface area (Å²) in [5.74, 6) is -3.33. The lowest BCUT2D eigenvalue weighted by Crippen LogP contribution is -2.55. The molecule has 3 aromatic carbocycles. The second-order valence-corrected chi connectivity index (χ2v) is 12.4. The summed E-state index contributed by atoms with van der Waals surface area (Å²) in [6.07, 6.45) is 0.426. The van der Waals surface area contributed by atoms with E-state index in [1.165, 1.54) is 42.0 Å². The Morgan fingerprint density at radius 2 is 1.83 bits per heavy atom. The maximum atomic E-state index is 14.4. The summed E-state index contributed by atoms with van der Waals surface area (Å²) in [5, 5.41) is 15.6. The maximum Gasteiger partial charge on any atom is 0.251 e. The molecule has 3 aromatic rings. The van der Waals surface area contributed by atoms with E-state index in [-0.39, 0.29) is 42.3 Å². The van der Waals surface area contributed by atoms with Crippen molar-refractivity contribution in [2.24, 2.45) is 5.92 Å². The highest BCUT2D eigenvalue weighted by Gasteiger charge is 2.56. The van der Waals surface area contributed by atoms with Crippen LogP contribution in [0.4, 0.5) is 14.5 Å². The second kappa shape index (κ2) is 12.7. The number of carbonyl (C=O) groups is 4. The van der Waals surface area contributed by atoms with Crippen molar-refractivity contribution in [3.05, 3.63) is 89.5 Å². The fraction of sp³-hybridized carbons (Fsp3) is 0.343. The zero-order valence-corrected chi connectivity index (χ0v) is 26.0. The van der Waals surface area contributed by atoms with Crippen LogP contribution in [0.15, 0.2) is 66.7 Å². The summed E-state index contributed by atoms with van der Waals surface area (Å²) in [4.78, 5) is 56.9. The minimum absolute atomic E-state index is 0.000806. The minimum Gasteiger partial charge on any atom is -0.341 e. The first-order chi connectivity index (χ1) is 21.9. The number of nitrogens with zero attached hydrogens (tertiary/aromatic N) is 3. The lowest BCUT2D eigenvalue weighted by molar-refractivity contribution is -0.146. The van der Waals surface area contributed by atoms with Crippen LogP contribution < -0.4 is 10.6 Å². The Morgan fingerprint density at radius 1 is 1.09 bits per heavy atom. The minimum atomic E-state index is -1.07. The monoisotopic (exact) mass is 627 g/mol. The van der Waals surface area contributed by atoms with Crippen LogP contribution in [0.3, 0.4) is 0 Å². The third-order valence-corrected chi connectivity index (χ3v) is 8.80. The Hall–Kier alpha value is -5.11. The van der Waals surface area contributed by atoms with Gasteiger partial charge in [-0.1, -0.05) is 44.2 Å². The molecule has 1 saturated heterocycles. The van der Waals surface area contributed by atoms with E-state index < -0.39 is 52.9 Å². The van der Waals surface area contributed by atoms with E-state index >= 15 is 0 Å². The third kappa shape index (κ3) is 5.95. The van der Waals surface area contributed by atoms with Gasteiger partial charge < -0.3 is 20.4 Å². The molecule has 0 bridgehead atoms. The number of benzene rings is 3. The highest BCUT2D eigenvalue weighted by Crippen LogP contribution is 2.46. The molecule has 0 aromatic heterocycles. The lowest BCUT2D eigenvalue weighted by atomic mass is 9.80. The van der Waals surface area contributed by atoms with E-state index in [2.05, 4.69) is 16.7 Å². The number of hydrogen-bond acceptors (Lipinski definition) is 5. The molecule has 11 heteroatoms. The Labute approximate surface area is 266 Å². The van der Waals surface area contributed by atoms with E-state index in [1.54, 1.807) is 24.3 Å². The van der Waals surface area contributed by atoms with Gasteiger partial charge >= 0.3 is 0 Å². The molecule has 9 nitrogen and oxygen atoms in total. The number of anilines is 1. The molecular weight excluding hydrogens is 592 g/mol. The normalized spacial score (nSPS) is 19.7. The average Bonchev–Trinajstić information content (AvgIpc) is 3.56. The predicted octanol–water partition coefficient (Wildman–Crippen LogP) is 4.64. The summed E-state index contributed by atoms with van der Waals surface area (Å²) in [6.45, 7) is 5.32. The van der Waals surface area contributed by atoms with Gasteiger partial charge in [-0.25, -0.2) is 8.78 Å². The van der Waals surface area contributed by atoms with Gasteiger partial charge in [0.25, 0.3) is 5.91 Å². The first kappa shape index (κ1) is 32.3. The fourth-order valence-electron chi connectivity index (χ4n) is 6.40. The van der Waals surface area contributed by atoms with Gasteiger partial charge in [0.15, 0.2) is 0 Å². The van der Waals surface area contributed by atoms with Crippen LogP contribution in [0.5, 0.6) is 0 Å². The van der Waals surface area contributed by atoms with E-state index in [0.717, 1.165) is 17.7 Å². The summed E-state index contributed by atoms with van der Waals surface area (Å²) < 4.78 is 27.8. The van der Waals surface area contributed by atoms with Crippen molar-refractivity contribution in [2.75, 3.05) is 18.9 Å². The average molecular weight is 628 g/mol. The number of amides is 4. The number of nitrogens with one attached hydrogen (secondary N) is 2. The van der Waals surface area contributed by atoms with Gasteiger partial charge in [0.2, 0.25) is 17.7 Å². The number of para-hydroxylation sites is 1. The Balaban J connectivity index is 1.33. The Bertz CT molecular complexity index is 1750. The van der Waals surface area contributed by atoms with Crippen LogP contribution in [0.1, 0.15) is 49.5 Å². The number of hydrogen-bond donors (Lipinski definition) is 2. The van der Waals surface area contributed by atoms with Crippen molar-refractivity contribution in [3.63, 3.8) is 0 Å². The number of carbonyl (C=O) groups excluding carboxylic acids is 4. The first-order valence-corrected chi connectivity index (χ1v) is 15.1. The molecule has 0 unspecified atom stereocenters. The maximum absolute atomic E-state index is 14.4. The molecular formula is C35H35F2N5O4. The van der Waals surface area contributed by atoms with Crippen molar-refractivity contribution in [2.45, 2.75) is 57.2 Å². The molecule has 5 rings (SSSR count). The van der Waals surface area contributed by atoms with E-state index in [1.807, 2.05) is 26.0 Å². The number of fused-ring (bicyclic) bond motifs is 2. The zero-order valence-electron chi connectivity index (χ0n) is 26.0. The standard InChI is InChI=1S/C35H35F2N5O4/c1-20(2)14-30(33(45)42-19-35(17-25(42)18-38)27-10-5-6-11-29(27)40-34(35)46)41(4)32(44)21(3)39-31(43)23-9-7-8-22(15-23)26-13-12-24(36)16-28(26)37/h5-13,15-16,20-21,25,30H,14,17,19H2,1-4H3,(H,39,43)(H,40,46)/t21-,25-,30-,35-/m0/s1. The van der Waals surface area contributed by atoms with E-state index in [4.69, 9.17) is 0 Å². The summed E-state index contributed by atoms with van der Waals surface area (Å²) in [6, 6.07) is 15.8. The van der Waals surface area contributed by atoms with Crippen LogP contribution in [-0.2, 0) is 19.8 Å². The summed E-state index contributed by atoms with van der Waals surface area (Å²) in [7, 11) is 1.48. The topological polar surface area (TPSA) is 123 Å². The Morgan fingerprint density at radius 3 is 2.52 bits per heavy atom. The van der Waals surface area contributed by atoms with Gasteiger partial charge in [-0.15, -0.1) is 0 Å². The van der Waals surface area contributed by atoms with E-state index in [9.17, 15) is 33.2 Å². The predicted molar refractivity (Wildman–Crippen MR) is 167 cm³/mol. The molecule has 0 aliphatic carbocycles. The molecule has 0 saturated carbocycles. The largest absolute Gasteiger partial charge is 0.341 e. The van der Waals surface area contributed by atoms with Crippen LogP contribution >= 0.6 is 0 Å². The number of rotatable bonds is 8. The van der Waals surface area contributed by atoms with Crippen LogP contribution in [-0.4, -0.2) is 65.1 Å². The summed E-state index contributed by atoms with van der Waals surface area (Å²) in [5.41, 5.74) is 0.966. The number of halogens is 2. The zero-order chi connectivity index (χ0) is 33.3. The number of likely N-dealkylation sites (tertiary alicyclic amines) is 1. The number of likely N-dealkylation sites (N-methyl/N-ethyl adjacent to an activating group) is 1. The van der Waals surface area contributed by atoms with Crippen molar-refractivity contribution in [1.82, 2.24) is 15.1 Å². The fourth-order valence-corrected chi connectivity index (χ4v) is 6.40. The van der Waals surface area contributed by atoms with Gasteiger partial charge in [0.1, 0.15) is 29.8 Å². The highest BCUT2D eigenvalue weighted by atomic mass is 19.1. The molecule has 4 amide bonds. The van der Waals surface area contributed by atoms with Gasteiger partial charge in [-0.05, 0) is 60.7 Å². The smallest absolute Gasteiger partial charge is 0.251 e. The summed E-state index contributed by atoms with van der Waals surface area (Å²) >= 11 is 0. The van der Waals surface area contributed by atoms with Gasteiger partial charge in [0.05, 0.1) is 11.5 Å². The van der Waals surface area contributed by atoms with Crippen LogP contribution in [0, 0.1) is 28.9 Å². The van der Waals surface area contributed by atoms with Crippen LogP contribution in [0.2, 0.25) is 0 Å². The van der Waals surface area contributed by atoms with Gasteiger partial charge in [-0.3, -0.25) is 19.2 Å². The van der Waals surface area contributed by atoms with Crippen molar-refractivity contribution < 1.29 is 28.0 Å². The van der Waals surface area contributed by atoms with Gasteiger partial charge in [-0.2, -0.15) is 5.26 Å². The highest BCUT2D eigenvalue weighted by molar-refractivity contribution is 6.07. The molecule has 0 radical (unpaired) electrons. The van der Waals surface area contributed by atoms with Crippen LogP contribution in [0.25, 0.3) is 11.1 Å². The molecule has 1 spiro atoms. The molecule has 4 atom stereocenters. The molecule has 46 heavy (non-hydrogen) atoms. The third-order valence-electron chi connectivity index (χ3n) is 8.80. The quantitative estimate of drug-likeness (QED) is 0.377. The molecule has 238 valence electrons. The lowest BCUT2D eigenvalue weighted by Gasteiger charge is -2.34. The first-order valence-electron chi connectivity index (χ1n) is 15.1.